The van der Waals surface area contributed by atoms with Gasteiger partial charge in [-0.15, -0.1) is 0 Å². The number of aromatic hydroxyl groups is 1. The summed E-state index contributed by atoms with van der Waals surface area (Å²) < 4.78 is 0. The first kappa shape index (κ1) is 16.2. The molecule has 0 saturated carbocycles. The van der Waals surface area contributed by atoms with Crippen LogP contribution in [0.3, 0.4) is 0 Å². The summed E-state index contributed by atoms with van der Waals surface area (Å²) in [6, 6.07) is 6.95. The van der Waals surface area contributed by atoms with Crippen LogP contribution in [0.2, 0.25) is 0 Å². The normalized spacial score (nSPS) is 14.8. The Labute approximate surface area is 141 Å². The summed E-state index contributed by atoms with van der Waals surface area (Å²) in [4.78, 5) is 17.1. The molecule has 0 spiro atoms. The number of benzene rings is 1. The van der Waals surface area contributed by atoms with E-state index in [0.717, 1.165) is 28.8 Å². The third-order valence-corrected chi connectivity index (χ3v) is 4.88. The van der Waals surface area contributed by atoms with Gasteiger partial charge in [0.2, 0.25) is 5.43 Å². The number of aryl methyl sites for hydroxylation is 2. The highest BCUT2D eigenvalue weighted by atomic mass is 16.6. The molecule has 1 aliphatic rings. The van der Waals surface area contributed by atoms with E-state index in [0.29, 0.717) is 6.42 Å². The maximum absolute atomic E-state index is 12.1. The zero-order valence-electron chi connectivity index (χ0n) is 14.4. The first-order chi connectivity index (χ1) is 11.4. The summed E-state index contributed by atoms with van der Waals surface area (Å²) >= 11 is 0. The Hall–Kier alpha value is -2.62. The maximum atomic E-state index is 12.1. The van der Waals surface area contributed by atoms with Gasteiger partial charge in [-0.1, -0.05) is 11.2 Å². The highest BCUT2D eigenvalue weighted by Crippen LogP contribution is 2.37. The van der Waals surface area contributed by atoms with Gasteiger partial charge >= 0.3 is 0 Å². The number of fused-ring (bicyclic) bond motifs is 3. The molecule has 0 fully saturated rings. The zero-order valence-corrected chi connectivity index (χ0v) is 14.4. The molecule has 0 atom stereocenters. The molecule has 0 heterocycles. The Morgan fingerprint density at radius 2 is 1.79 bits per heavy atom. The van der Waals surface area contributed by atoms with Crippen LogP contribution in [0.1, 0.15) is 34.2 Å². The molecule has 4 nitrogen and oxygen atoms in total. The summed E-state index contributed by atoms with van der Waals surface area (Å²) in [5.41, 5.74) is 8.01. The highest BCUT2D eigenvalue weighted by molar-refractivity contribution is 6.07. The van der Waals surface area contributed by atoms with Crippen molar-refractivity contribution in [2.24, 2.45) is 5.16 Å². The predicted octanol–water partition coefficient (Wildman–Crippen LogP) is 3.64. The van der Waals surface area contributed by atoms with Crippen molar-refractivity contribution in [3.05, 3.63) is 62.3 Å². The minimum absolute atomic E-state index is 0.261. The van der Waals surface area contributed by atoms with Gasteiger partial charge in [-0.05, 0) is 85.2 Å². The largest absolute Gasteiger partial charge is 0.504 e. The summed E-state index contributed by atoms with van der Waals surface area (Å²) in [5.74, 6) is -0.261. The van der Waals surface area contributed by atoms with Crippen LogP contribution < -0.4 is 5.43 Å². The molecule has 0 saturated heterocycles. The molecule has 0 radical (unpaired) electrons. The van der Waals surface area contributed by atoms with Gasteiger partial charge in [-0.3, -0.25) is 4.79 Å². The SMILES string of the molecule is CO/N=C1\CCc2cc(C)c(C)c(C)c2-c2ccc(O)c(=O)cc21. The van der Waals surface area contributed by atoms with Gasteiger partial charge in [0.15, 0.2) is 5.75 Å². The minimum atomic E-state index is -0.412. The van der Waals surface area contributed by atoms with E-state index in [1.54, 1.807) is 0 Å². The van der Waals surface area contributed by atoms with E-state index >= 15 is 0 Å². The Kier molecular flexibility index (Phi) is 4.14. The fourth-order valence-electron chi connectivity index (χ4n) is 3.40. The van der Waals surface area contributed by atoms with Crippen molar-refractivity contribution in [2.75, 3.05) is 7.11 Å². The molecule has 3 rings (SSSR count). The Balaban J connectivity index is 2.46. The third kappa shape index (κ3) is 2.58. The monoisotopic (exact) mass is 323 g/mol. The van der Waals surface area contributed by atoms with Crippen molar-refractivity contribution in [1.29, 1.82) is 0 Å². The lowest BCUT2D eigenvalue weighted by Crippen LogP contribution is -2.05. The van der Waals surface area contributed by atoms with Gasteiger partial charge < -0.3 is 9.94 Å². The van der Waals surface area contributed by atoms with Gasteiger partial charge in [0.05, 0.1) is 5.71 Å². The number of hydrogen-bond donors (Lipinski definition) is 1. The van der Waals surface area contributed by atoms with Crippen molar-refractivity contribution in [2.45, 2.75) is 33.6 Å². The second-order valence-electron chi connectivity index (χ2n) is 6.25. The smallest absolute Gasteiger partial charge is 0.220 e. The van der Waals surface area contributed by atoms with Gasteiger partial charge in [0.1, 0.15) is 7.11 Å². The summed E-state index contributed by atoms with van der Waals surface area (Å²) in [7, 11) is 1.50. The van der Waals surface area contributed by atoms with Crippen LogP contribution in [-0.4, -0.2) is 17.9 Å². The number of nitrogens with zero attached hydrogens (tertiary/aromatic N) is 1. The van der Waals surface area contributed by atoms with Crippen LogP contribution in [-0.2, 0) is 11.3 Å². The topological polar surface area (TPSA) is 58.9 Å². The van der Waals surface area contributed by atoms with Gasteiger partial charge in [-0.25, -0.2) is 0 Å². The Morgan fingerprint density at radius 3 is 2.50 bits per heavy atom. The average molecular weight is 323 g/mol. The van der Waals surface area contributed by atoms with Crippen LogP contribution in [0.5, 0.6) is 5.75 Å². The van der Waals surface area contributed by atoms with Crippen LogP contribution >= 0.6 is 0 Å². The quantitative estimate of drug-likeness (QED) is 0.815. The second-order valence-corrected chi connectivity index (χ2v) is 6.25. The molecule has 0 bridgehead atoms. The molecule has 1 N–H and O–H groups in total. The van der Waals surface area contributed by atoms with Crippen LogP contribution in [0.25, 0.3) is 11.1 Å². The molecule has 0 aliphatic heterocycles. The Bertz CT molecular complexity index is 914. The molecule has 124 valence electrons. The fraction of sp³-hybridized carbons (Fsp3) is 0.300. The molecule has 1 aliphatic carbocycles. The van der Waals surface area contributed by atoms with Crippen molar-refractivity contribution in [3.63, 3.8) is 0 Å². The van der Waals surface area contributed by atoms with Crippen LogP contribution in [0, 0.1) is 20.8 Å². The summed E-state index contributed by atoms with van der Waals surface area (Å²) in [6.07, 6.45) is 1.51. The molecule has 0 amide bonds. The predicted molar refractivity (Wildman–Crippen MR) is 95.9 cm³/mol. The molecule has 24 heavy (non-hydrogen) atoms. The first-order valence-corrected chi connectivity index (χ1v) is 8.01. The highest BCUT2D eigenvalue weighted by Gasteiger charge is 2.22. The van der Waals surface area contributed by atoms with Gasteiger partial charge in [-0.2, -0.15) is 0 Å². The fourth-order valence-corrected chi connectivity index (χ4v) is 3.40. The molecule has 0 unspecified atom stereocenters. The number of rotatable bonds is 1. The molecule has 0 aromatic heterocycles. The van der Waals surface area contributed by atoms with E-state index in [1.807, 2.05) is 6.07 Å². The van der Waals surface area contributed by atoms with Crippen molar-refractivity contribution >= 4 is 5.71 Å². The standard InChI is InChI=1S/C20H21NO3/c1-11-9-14-5-7-17(21-24-4)16-10-19(23)18(22)8-6-15(16)20(14)13(3)12(11)2/h6,8-10H,5,7H2,1-4H3,(H,22,23)/b21-17+. The van der Waals surface area contributed by atoms with E-state index in [2.05, 4.69) is 32.0 Å². The lowest BCUT2D eigenvalue weighted by molar-refractivity contribution is 0.213. The minimum Gasteiger partial charge on any atom is -0.504 e. The van der Waals surface area contributed by atoms with Crippen molar-refractivity contribution in [1.82, 2.24) is 0 Å². The maximum Gasteiger partial charge on any atom is 0.220 e. The molecule has 2 aromatic carbocycles. The van der Waals surface area contributed by atoms with E-state index in [1.165, 1.54) is 41.5 Å². The number of hydrogen-bond acceptors (Lipinski definition) is 4. The van der Waals surface area contributed by atoms with Gasteiger partial charge in [0, 0.05) is 5.56 Å². The van der Waals surface area contributed by atoms with E-state index < -0.39 is 5.43 Å². The Morgan fingerprint density at radius 1 is 1.04 bits per heavy atom. The van der Waals surface area contributed by atoms with Crippen molar-refractivity contribution < 1.29 is 9.94 Å². The summed E-state index contributed by atoms with van der Waals surface area (Å²) in [5, 5.41) is 14.0. The molecular formula is C20H21NO3. The van der Waals surface area contributed by atoms with E-state index in [-0.39, 0.29) is 5.75 Å². The van der Waals surface area contributed by atoms with Crippen LogP contribution in [0.4, 0.5) is 0 Å². The third-order valence-electron chi connectivity index (χ3n) is 4.88. The summed E-state index contributed by atoms with van der Waals surface area (Å²) in [6.45, 7) is 6.33. The van der Waals surface area contributed by atoms with E-state index in [4.69, 9.17) is 4.84 Å². The van der Waals surface area contributed by atoms with Crippen molar-refractivity contribution in [3.8, 4) is 16.9 Å². The van der Waals surface area contributed by atoms with E-state index in [9.17, 15) is 9.90 Å². The van der Waals surface area contributed by atoms with Crippen LogP contribution in [0.15, 0.2) is 34.2 Å². The number of oxime groups is 1. The average Bonchev–Trinajstić information content (AvgIpc) is 2.78. The zero-order chi connectivity index (χ0) is 17.4. The molecule has 4 heteroatoms. The lowest BCUT2D eigenvalue weighted by Gasteiger charge is -2.16. The lowest BCUT2D eigenvalue weighted by atomic mass is 9.88. The first-order valence-electron chi connectivity index (χ1n) is 8.01. The second kappa shape index (κ2) is 6.11. The molecule has 2 aromatic rings. The van der Waals surface area contributed by atoms with Gasteiger partial charge in [0.25, 0.3) is 0 Å². The molecular weight excluding hydrogens is 302 g/mol.